The Bertz CT molecular complexity index is 732. The smallest absolute Gasteiger partial charge is 0.414 e. The van der Waals surface area contributed by atoms with E-state index in [4.69, 9.17) is 9.47 Å². The molecule has 4 nitrogen and oxygen atoms in total. The number of fused-ring (bicyclic) bond motifs is 1. The molecule has 2 saturated heterocycles. The third kappa shape index (κ3) is 1.75. The van der Waals surface area contributed by atoms with Crippen molar-refractivity contribution in [2.45, 2.75) is 37.6 Å². The summed E-state index contributed by atoms with van der Waals surface area (Å²) < 4.78 is 12.1. The molecular weight excluding hydrogens is 302 g/mol. The van der Waals surface area contributed by atoms with Gasteiger partial charge in [-0.2, -0.15) is 0 Å². The average molecular weight is 323 g/mol. The molecule has 0 N–H and O–H groups in total. The fourth-order valence-corrected chi connectivity index (χ4v) is 4.26. The van der Waals surface area contributed by atoms with E-state index in [1.165, 1.54) is 0 Å². The summed E-state index contributed by atoms with van der Waals surface area (Å²) in [5.41, 5.74) is -0.319. The number of rotatable bonds is 2. The van der Waals surface area contributed by atoms with Crippen molar-refractivity contribution in [3.05, 3.63) is 71.8 Å². The number of hydrogen-bond donors (Lipinski definition) is 0. The number of benzene rings is 2. The van der Waals surface area contributed by atoms with Gasteiger partial charge in [-0.3, -0.25) is 4.90 Å². The zero-order valence-electron chi connectivity index (χ0n) is 14.2. The maximum Gasteiger partial charge on any atom is 0.414 e. The number of nitrogens with zero attached hydrogens (tertiary/aromatic N) is 1. The standard InChI is InChI=1S/C20H21NO3/c1-18(2)21-17(22)24-20(19(21,3)14-23-18,15-10-6-4-7-11-15)16-12-8-5-9-13-16/h4-13H,14H2,1-3H3. The molecule has 0 aromatic heterocycles. The maximum atomic E-state index is 12.9. The van der Waals surface area contributed by atoms with Gasteiger partial charge in [-0.1, -0.05) is 60.7 Å². The summed E-state index contributed by atoms with van der Waals surface area (Å²) in [6, 6.07) is 19.9. The number of carbonyl (C=O) groups is 1. The van der Waals surface area contributed by atoms with Crippen LogP contribution in [-0.4, -0.2) is 28.9 Å². The van der Waals surface area contributed by atoms with Crippen molar-refractivity contribution in [3.8, 4) is 0 Å². The lowest BCUT2D eigenvalue weighted by Crippen LogP contribution is -2.56. The van der Waals surface area contributed by atoms with Crippen LogP contribution in [0.2, 0.25) is 0 Å². The van der Waals surface area contributed by atoms with E-state index in [0.29, 0.717) is 6.61 Å². The maximum absolute atomic E-state index is 12.9. The van der Waals surface area contributed by atoms with Crippen LogP contribution in [-0.2, 0) is 15.1 Å². The van der Waals surface area contributed by atoms with E-state index in [1.54, 1.807) is 4.90 Å². The van der Waals surface area contributed by atoms with Gasteiger partial charge in [0.1, 0.15) is 11.3 Å². The molecule has 0 saturated carbocycles. The predicted octanol–water partition coefficient (Wildman–Crippen LogP) is 3.91. The Labute approximate surface area is 142 Å². The van der Waals surface area contributed by atoms with Crippen LogP contribution >= 0.6 is 0 Å². The number of cyclic esters (lactones) is 1. The molecule has 0 radical (unpaired) electrons. The summed E-state index contributed by atoms with van der Waals surface area (Å²) >= 11 is 0. The van der Waals surface area contributed by atoms with Gasteiger partial charge in [0.05, 0.1) is 6.61 Å². The van der Waals surface area contributed by atoms with Crippen LogP contribution in [0.1, 0.15) is 31.9 Å². The van der Waals surface area contributed by atoms with Gasteiger partial charge in [-0.25, -0.2) is 4.79 Å². The monoisotopic (exact) mass is 323 g/mol. The first-order chi connectivity index (χ1) is 11.4. The largest absolute Gasteiger partial charge is 0.430 e. The fourth-order valence-electron chi connectivity index (χ4n) is 4.26. The van der Waals surface area contributed by atoms with Crippen LogP contribution in [0.5, 0.6) is 0 Å². The Balaban J connectivity index is 2.01. The minimum Gasteiger partial charge on any atom is -0.430 e. The Morgan fingerprint density at radius 1 is 0.875 bits per heavy atom. The second kappa shape index (κ2) is 4.84. The number of amides is 1. The molecule has 1 atom stereocenters. The van der Waals surface area contributed by atoms with Gasteiger partial charge in [-0.05, 0) is 20.8 Å². The van der Waals surface area contributed by atoms with Gasteiger partial charge in [0.2, 0.25) is 0 Å². The van der Waals surface area contributed by atoms with Crippen molar-refractivity contribution in [1.29, 1.82) is 0 Å². The van der Waals surface area contributed by atoms with E-state index in [1.807, 2.05) is 81.4 Å². The van der Waals surface area contributed by atoms with E-state index in [2.05, 4.69) is 0 Å². The summed E-state index contributed by atoms with van der Waals surface area (Å²) in [4.78, 5) is 14.6. The van der Waals surface area contributed by atoms with Gasteiger partial charge < -0.3 is 9.47 Å². The van der Waals surface area contributed by atoms with Crippen LogP contribution < -0.4 is 0 Å². The van der Waals surface area contributed by atoms with Crippen molar-refractivity contribution < 1.29 is 14.3 Å². The third-order valence-corrected chi connectivity index (χ3v) is 5.28. The molecule has 4 heteroatoms. The Morgan fingerprint density at radius 3 is 1.88 bits per heavy atom. The molecular formula is C20H21NO3. The molecule has 24 heavy (non-hydrogen) atoms. The molecule has 0 aliphatic carbocycles. The highest BCUT2D eigenvalue weighted by Gasteiger charge is 2.71. The van der Waals surface area contributed by atoms with Crippen LogP contribution in [0.15, 0.2) is 60.7 Å². The van der Waals surface area contributed by atoms with E-state index in [-0.39, 0.29) is 6.09 Å². The minimum absolute atomic E-state index is 0.340. The van der Waals surface area contributed by atoms with Crippen molar-refractivity contribution in [2.24, 2.45) is 0 Å². The fraction of sp³-hybridized carbons (Fsp3) is 0.350. The van der Waals surface area contributed by atoms with E-state index < -0.39 is 16.9 Å². The molecule has 1 amide bonds. The molecule has 0 spiro atoms. The van der Waals surface area contributed by atoms with Gasteiger partial charge in [0.25, 0.3) is 0 Å². The highest BCUT2D eigenvalue weighted by molar-refractivity contribution is 5.76. The van der Waals surface area contributed by atoms with Crippen LogP contribution in [0, 0.1) is 0 Å². The summed E-state index contributed by atoms with van der Waals surface area (Å²) in [6.45, 7) is 6.28. The highest BCUT2D eigenvalue weighted by Crippen LogP contribution is 2.56. The molecule has 2 aliphatic rings. The predicted molar refractivity (Wildman–Crippen MR) is 90.4 cm³/mol. The van der Waals surface area contributed by atoms with E-state index in [0.717, 1.165) is 11.1 Å². The number of ether oxygens (including phenoxy) is 2. The van der Waals surface area contributed by atoms with Gasteiger partial charge in [0.15, 0.2) is 5.60 Å². The first kappa shape index (κ1) is 15.2. The minimum atomic E-state index is -0.902. The summed E-state index contributed by atoms with van der Waals surface area (Å²) in [5, 5.41) is 0. The van der Waals surface area contributed by atoms with Crippen LogP contribution in [0.3, 0.4) is 0 Å². The zero-order valence-corrected chi connectivity index (χ0v) is 14.2. The second-order valence-corrected chi connectivity index (χ2v) is 7.13. The second-order valence-electron chi connectivity index (χ2n) is 7.13. The van der Waals surface area contributed by atoms with Crippen molar-refractivity contribution in [1.82, 2.24) is 4.90 Å². The Kier molecular flexibility index (Phi) is 3.06. The van der Waals surface area contributed by atoms with Crippen LogP contribution in [0.4, 0.5) is 4.79 Å². The van der Waals surface area contributed by atoms with Crippen molar-refractivity contribution >= 4 is 6.09 Å². The SMILES string of the molecule is CC1(C)OCC2(C)N1C(=O)OC2(c1ccccc1)c1ccccc1. The molecule has 2 aliphatic heterocycles. The summed E-state index contributed by atoms with van der Waals surface area (Å²) in [5.74, 6) is 0. The number of hydrogen-bond acceptors (Lipinski definition) is 3. The molecule has 2 aromatic carbocycles. The molecule has 4 rings (SSSR count). The van der Waals surface area contributed by atoms with Gasteiger partial charge in [-0.15, -0.1) is 0 Å². The molecule has 2 aromatic rings. The zero-order chi connectivity index (χ0) is 17.0. The third-order valence-electron chi connectivity index (χ3n) is 5.28. The molecule has 124 valence electrons. The van der Waals surface area contributed by atoms with Gasteiger partial charge in [0, 0.05) is 11.1 Å². The van der Waals surface area contributed by atoms with Gasteiger partial charge >= 0.3 is 6.09 Å². The number of carbonyl (C=O) groups excluding carboxylic acids is 1. The van der Waals surface area contributed by atoms with E-state index in [9.17, 15) is 4.79 Å². The highest BCUT2D eigenvalue weighted by atomic mass is 16.6. The topological polar surface area (TPSA) is 38.8 Å². The quantitative estimate of drug-likeness (QED) is 0.841. The summed E-state index contributed by atoms with van der Waals surface area (Å²) in [7, 11) is 0. The van der Waals surface area contributed by atoms with Crippen molar-refractivity contribution in [2.75, 3.05) is 6.61 Å². The normalized spacial score (nSPS) is 27.0. The van der Waals surface area contributed by atoms with Crippen molar-refractivity contribution in [3.63, 3.8) is 0 Å². The Morgan fingerprint density at radius 2 is 1.38 bits per heavy atom. The van der Waals surface area contributed by atoms with E-state index >= 15 is 0 Å². The first-order valence-corrected chi connectivity index (χ1v) is 8.20. The van der Waals surface area contributed by atoms with Crippen LogP contribution in [0.25, 0.3) is 0 Å². The lowest BCUT2D eigenvalue weighted by atomic mass is 9.72. The molecule has 1 unspecified atom stereocenters. The molecule has 0 bridgehead atoms. The lowest BCUT2D eigenvalue weighted by molar-refractivity contribution is -0.0419. The molecule has 2 fully saturated rings. The average Bonchev–Trinajstić information content (AvgIpc) is 2.99. The molecule has 2 heterocycles. The lowest BCUT2D eigenvalue weighted by Gasteiger charge is -2.41. The Hall–Kier alpha value is -2.33. The summed E-state index contributed by atoms with van der Waals surface area (Å²) in [6.07, 6.45) is -0.340. The first-order valence-electron chi connectivity index (χ1n) is 8.20.